The summed E-state index contributed by atoms with van der Waals surface area (Å²) in [4.78, 5) is 4.51. The number of nitrogens with one attached hydrogen (secondary N) is 2. The first-order chi connectivity index (χ1) is 11.1. The zero-order valence-electron chi connectivity index (χ0n) is 15.2. The summed E-state index contributed by atoms with van der Waals surface area (Å²) in [6.45, 7) is 9.44. The third-order valence-electron chi connectivity index (χ3n) is 2.91. The maximum absolute atomic E-state index is 11.2. The van der Waals surface area contributed by atoms with Crippen LogP contribution in [0.4, 0.5) is 0 Å². The van der Waals surface area contributed by atoms with Gasteiger partial charge in [0, 0.05) is 24.9 Å². The van der Waals surface area contributed by atoms with Gasteiger partial charge in [-0.15, -0.1) is 0 Å². The fourth-order valence-corrected chi connectivity index (χ4v) is 2.40. The van der Waals surface area contributed by atoms with Gasteiger partial charge >= 0.3 is 0 Å². The van der Waals surface area contributed by atoms with Gasteiger partial charge in [-0.25, -0.2) is 13.4 Å². The van der Waals surface area contributed by atoms with E-state index >= 15 is 0 Å². The predicted octanol–water partition coefficient (Wildman–Crippen LogP) is 1.96. The molecule has 0 bridgehead atoms. The van der Waals surface area contributed by atoms with Crippen molar-refractivity contribution in [2.45, 2.75) is 39.8 Å². The number of hydrogen-bond donors (Lipinski definition) is 2. The minimum atomic E-state index is -2.99. The summed E-state index contributed by atoms with van der Waals surface area (Å²) in [5, 5.41) is 6.14. The summed E-state index contributed by atoms with van der Waals surface area (Å²) in [6, 6.07) is 7.79. The monoisotopic (exact) mass is 355 g/mol. The Balaban J connectivity index is 2.79. The molecule has 7 heteroatoms. The highest BCUT2D eigenvalue weighted by Gasteiger charge is 2.14. The van der Waals surface area contributed by atoms with Crippen LogP contribution in [0.25, 0.3) is 0 Å². The molecule has 0 unspecified atom stereocenters. The van der Waals surface area contributed by atoms with Gasteiger partial charge in [-0.3, -0.25) is 0 Å². The third kappa shape index (κ3) is 8.76. The van der Waals surface area contributed by atoms with Crippen molar-refractivity contribution in [2.75, 3.05) is 25.1 Å². The van der Waals surface area contributed by atoms with Crippen molar-refractivity contribution in [3.63, 3.8) is 0 Å². The van der Waals surface area contributed by atoms with E-state index < -0.39 is 9.84 Å². The van der Waals surface area contributed by atoms with Crippen LogP contribution in [0.15, 0.2) is 29.3 Å². The SMILES string of the molecule is CCNC(=NCc1ccccc1OC(C)(C)C)NCCS(C)(=O)=O. The van der Waals surface area contributed by atoms with Crippen molar-refractivity contribution in [1.82, 2.24) is 10.6 Å². The van der Waals surface area contributed by atoms with Gasteiger partial charge in [-0.1, -0.05) is 18.2 Å². The van der Waals surface area contributed by atoms with E-state index in [1.807, 2.05) is 52.0 Å². The molecule has 2 N–H and O–H groups in total. The van der Waals surface area contributed by atoms with Gasteiger partial charge in [0.2, 0.25) is 0 Å². The molecule has 0 saturated carbocycles. The van der Waals surface area contributed by atoms with Gasteiger partial charge in [0.15, 0.2) is 5.96 Å². The fourth-order valence-electron chi connectivity index (χ4n) is 1.92. The van der Waals surface area contributed by atoms with Gasteiger partial charge < -0.3 is 15.4 Å². The van der Waals surface area contributed by atoms with E-state index in [0.29, 0.717) is 25.6 Å². The molecule has 1 aromatic carbocycles. The third-order valence-corrected chi connectivity index (χ3v) is 3.85. The first-order valence-corrected chi connectivity index (χ1v) is 10.1. The van der Waals surface area contributed by atoms with Gasteiger partial charge in [0.1, 0.15) is 21.2 Å². The molecular formula is C17H29N3O3S. The van der Waals surface area contributed by atoms with Gasteiger partial charge in [0.05, 0.1) is 12.3 Å². The minimum Gasteiger partial charge on any atom is -0.488 e. The van der Waals surface area contributed by atoms with Crippen molar-refractivity contribution in [3.05, 3.63) is 29.8 Å². The Hall–Kier alpha value is -1.76. The van der Waals surface area contributed by atoms with Crippen LogP contribution in [-0.4, -0.2) is 45.1 Å². The number of aliphatic imine (C=N–C) groups is 1. The second-order valence-corrected chi connectivity index (χ2v) is 8.83. The summed E-state index contributed by atoms with van der Waals surface area (Å²) in [7, 11) is -2.99. The summed E-state index contributed by atoms with van der Waals surface area (Å²) < 4.78 is 28.4. The molecule has 1 rings (SSSR count). The van der Waals surface area contributed by atoms with Crippen LogP contribution in [0, 0.1) is 0 Å². The number of hydrogen-bond acceptors (Lipinski definition) is 4. The first-order valence-electron chi connectivity index (χ1n) is 8.07. The Labute approximate surface area is 145 Å². The summed E-state index contributed by atoms with van der Waals surface area (Å²) in [5.41, 5.74) is 0.700. The van der Waals surface area contributed by atoms with Gasteiger partial charge in [-0.2, -0.15) is 0 Å². The lowest BCUT2D eigenvalue weighted by molar-refractivity contribution is 0.129. The fraction of sp³-hybridized carbons (Fsp3) is 0.588. The molecule has 0 aliphatic heterocycles. The molecular weight excluding hydrogens is 326 g/mol. The van der Waals surface area contributed by atoms with Crippen molar-refractivity contribution >= 4 is 15.8 Å². The van der Waals surface area contributed by atoms with Crippen LogP contribution in [-0.2, 0) is 16.4 Å². The average Bonchev–Trinajstić information content (AvgIpc) is 2.43. The van der Waals surface area contributed by atoms with E-state index in [0.717, 1.165) is 11.3 Å². The summed E-state index contributed by atoms with van der Waals surface area (Å²) in [5.74, 6) is 1.47. The first kappa shape index (κ1) is 20.3. The van der Waals surface area contributed by atoms with Crippen molar-refractivity contribution < 1.29 is 13.2 Å². The lowest BCUT2D eigenvalue weighted by Crippen LogP contribution is -2.39. The van der Waals surface area contributed by atoms with E-state index in [1.54, 1.807) is 0 Å². The molecule has 0 atom stereocenters. The Morgan fingerprint density at radius 3 is 2.46 bits per heavy atom. The maximum Gasteiger partial charge on any atom is 0.191 e. The highest BCUT2D eigenvalue weighted by Crippen LogP contribution is 2.23. The molecule has 0 saturated heterocycles. The zero-order valence-corrected chi connectivity index (χ0v) is 16.0. The molecule has 1 aromatic rings. The molecule has 0 spiro atoms. The molecule has 6 nitrogen and oxygen atoms in total. The number of benzene rings is 1. The quantitative estimate of drug-likeness (QED) is 0.577. The van der Waals surface area contributed by atoms with E-state index in [-0.39, 0.29) is 11.4 Å². The topological polar surface area (TPSA) is 79.8 Å². The maximum atomic E-state index is 11.2. The van der Waals surface area contributed by atoms with E-state index in [2.05, 4.69) is 15.6 Å². The van der Waals surface area contributed by atoms with Crippen LogP contribution in [0.3, 0.4) is 0 Å². The Morgan fingerprint density at radius 2 is 1.88 bits per heavy atom. The molecule has 24 heavy (non-hydrogen) atoms. The molecule has 0 heterocycles. The molecule has 0 aromatic heterocycles. The van der Waals surface area contributed by atoms with Gasteiger partial charge in [-0.05, 0) is 33.8 Å². The molecule has 0 radical (unpaired) electrons. The van der Waals surface area contributed by atoms with Crippen molar-refractivity contribution in [1.29, 1.82) is 0 Å². The van der Waals surface area contributed by atoms with Crippen LogP contribution in [0.2, 0.25) is 0 Å². The predicted molar refractivity (Wildman–Crippen MR) is 99.4 cm³/mol. The molecule has 0 amide bonds. The number of ether oxygens (including phenoxy) is 1. The number of guanidine groups is 1. The van der Waals surface area contributed by atoms with E-state index in [1.165, 1.54) is 6.26 Å². The average molecular weight is 356 g/mol. The molecule has 136 valence electrons. The highest BCUT2D eigenvalue weighted by molar-refractivity contribution is 7.90. The van der Waals surface area contributed by atoms with Crippen molar-refractivity contribution in [3.8, 4) is 5.75 Å². The summed E-state index contributed by atoms with van der Waals surface area (Å²) >= 11 is 0. The lowest BCUT2D eigenvalue weighted by atomic mass is 10.1. The van der Waals surface area contributed by atoms with Crippen LogP contribution in [0.5, 0.6) is 5.75 Å². The smallest absolute Gasteiger partial charge is 0.191 e. The van der Waals surface area contributed by atoms with Crippen LogP contribution < -0.4 is 15.4 Å². The number of rotatable bonds is 7. The number of para-hydroxylation sites is 1. The van der Waals surface area contributed by atoms with E-state index in [9.17, 15) is 8.42 Å². The molecule has 0 aliphatic carbocycles. The second kappa shape index (κ2) is 8.92. The Kier molecular flexibility index (Phi) is 7.54. The summed E-state index contributed by atoms with van der Waals surface area (Å²) in [6.07, 6.45) is 1.22. The Bertz CT molecular complexity index is 649. The van der Waals surface area contributed by atoms with Crippen molar-refractivity contribution in [2.24, 2.45) is 4.99 Å². The lowest BCUT2D eigenvalue weighted by Gasteiger charge is -2.23. The second-order valence-electron chi connectivity index (χ2n) is 6.57. The number of nitrogens with zero attached hydrogens (tertiary/aromatic N) is 1. The minimum absolute atomic E-state index is 0.0706. The number of sulfone groups is 1. The highest BCUT2D eigenvalue weighted by atomic mass is 32.2. The normalized spacial score (nSPS) is 12.8. The van der Waals surface area contributed by atoms with Crippen LogP contribution >= 0.6 is 0 Å². The zero-order chi connectivity index (χ0) is 18.2. The largest absolute Gasteiger partial charge is 0.488 e. The van der Waals surface area contributed by atoms with Gasteiger partial charge in [0.25, 0.3) is 0 Å². The molecule has 0 aliphatic rings. The molecule has 0 fully saturated rings. The van der Waals surface area contributed by atoms with Crippen LogP contribution in [0.1, 0.15) is 33.3 Å². The Morgan fingerprint density at radius 1 is 1.21 bits per heavy atom. The van der Waals surface area contributed by atoms with E-state index in [4.69, 9.17) is 4.74 Å². The standard InChI is InChI=1S/C17H29N3O3S/c1-6-18-16(19-11-12-24(5,21)22)20-13-14-9-7-8-10-15(14)23-17(2,3)4/h7-10H,6,11-13H2,1-5H3,(H2,18,19,20).